The van der Waals surface area contributed by atoms with Crippen molar-refractivity contribution in [3.05, 3.63) is 64.0 Å². The molecule has 3 aliphatic rings. The Morgan fingerprint density at radius 1 is 1.20 bits per heavy atom. The van der Waals surface area contributed by atoms with Crippen molar-refractivity contribution >= 4 is 23.4 Å². The molecule has 3 aromatic rings. The summed E-state index contributed by atoms with van der Waals surface area (Å²) >= 11 is 6.56. The standard InChI is InChI=1S/C27H28ClN3O4/c1-15-3-2-4-22(28)24(15)25-21(26(35-30-25)16-5-6-16)14-34-20-9-18-12-31(13-19(18)10-20)23-8-7-17(11-29-23)27(32)33/h2-4,7-8,11,16,18-20H,5-6,9-10,12-14H2,1H3,(H,32,33). The number of aryl methyl sites for hydroxylation is 1. The van der Waals surface area contributed by atoms with Gasteiger partial charge in [-0.1, -0.05) is 28.9 Å². The molecule has 6 rings (SSSR count). The second kappa shape index (κ2) is 8.95. The van der Waals surface area contributed by atoms with Crippen LogP contribution in [0.2, 0.25) is 5.02 Å². The molecule has 8 heteroatoms. The number of rotatable bonds is 7. The van der Waals surface area contributed by atoms with Crippen LogP contribution in [0.1, 0.15) is 58.8 Å². The Morgan fingerprint density at radius 2 is 1.97 bits per heavy atom. The number of halogens is 1. The van der Waals surface area contributed by atoms with Crippen molar-refractivity contribution in [2.24, 2.45) is 11.8 Å². The van der Waals surface area contributed by atoms with Crippen LogP contribution in [0.25, 0.3) is 11.3 Å². The van der Waals surface area contributed by atoms with E-state index >= 15 is 0 Å². The number of ether oxygens (including phenoxy) is 1. The predicted octanol–water partition coefficient (Wildman–Crippen LogP) is 5.71. The minimum atomic E-state index is -0.951. The van der Waals surface area contributed by atoms with E-state index in [-0.39, 0.29) is 11.7 Å². The molecule has 7 nitrogen and oxygen atoms in total. The van der Waals surface area contributed by atoms with Gasteiger partial charge < -0.3 is 19.3 Å². The van der Waals surface area contributed by atoms with Gasteiger partial charge >= 0.3 is 5.97 Å². The second-order valence-corrected chi connectivity index (χ2v) is 10.5. The van der Waals surface area contributed by atoms with E-state index in [1.165, 1.54) is 6.20 Å². The van der Waals surface area contributed by atoms with Crippen molar-refractivity contribution in [1.82, 2.24) is 10.1 Å². The number of aromatic carboxylic acids is 1. The van der Waals surface area contributed by atoms with Crippen LogP contribution in [0.5, 0.6) is 0 Å². The fourth-order valence-electron chi connectivity index (χ4n) is 5.72. The summed E-state index contributed by atoms with van der Waals surface area (Å²) in [5.41, 5.74) is 4.09. The van der Waals surface area contributed by atoms with E-state index in [0.29, 0.717) is 29.4 Å². The smallest absolute Gasteiger partial charge is 0.337 e. The Balaban J connectivity index is 1.13. The summed E-state index contributed by atoms with van der Waals surface area (Å²) in [5.74, 6) is 2.40. The maximum absolute atomic E-state index is 11.1. The van der Waals surface area contributed by atoms with Crippen molar-refractivity contribution in [2.45, 2.75) is 51.2 Å². The summed E-state index contributed by atoms with van der Waals surface area (Å²) in [6, 6.07) is 9.33. The van der Waals surface area contributed by atoms with Crippen molar-refractivity contribution in [1.29, 1.82) is 0 Å². The van der Waals surface area contributed by atoms with Crippen LogP contribution < -0.4 is 4.90 Å². The zero-order valence-electron chi connectivity index (χ0n) is 19.6. The molecule has 2 aliphatic carbocycles. The van der Waals surface area contributed by atoms with E-state index < -0.39 is 5.97 Å². The Morgan fingerprint density at radius 3 is 2.60 bits per heavy atom. The number of carboxylic acids is 1. The molecule has 0 amide bonds. The number of fused-ring (bicyclic) bond motifs is 1. The number of carbonyl (C=O) groups is 1. The topological polar surface area (TPSA) is 88.7 Å². The maximum atomic E-state index is 11.1. The number of anilines is 1. The van der Waals surface area contributed by atoms with Crippen molar-refractivity contribution in [3.63, 3.8) is 0 Å². The fraction of sp³-hybridized carbons (Fsp3) is 0.444. The highest BCUT2D eigenvalue weighted by Gasteiger charge is 2.42. The van der Waals surface area contributed by atoms with Crippen LogP contribution in [0.4, 0.5) is 5.82 Å². The molecule has 2 atom stereocenters. The maximum Gasteiger partial charge on any atom is 0.337 e. The molecule has 3 heterocycles. The van der Waals surface area contributed by atoms with Gasteiger partial charge in [0.2, 0.25) is 0 Å². The molecule has 1 aliphatic heterocycles. The number of carboxylic acid groups (broad SMARTS) is 1. The van der Waals surface area contributed by atoms with Crippen molar-refractivity contribution < 1.29 is 19.2 Å². The number of hydrogen-bond acceptors (Lipinski definition) is 6. The van der Waals surface area contributed by atoms with E-state index in [2.05, 4.69) is 15.0 Å². The van der Waals surface area contributed by atoms with Gasteiger partial charge in [-0.05, 0) is 68.2 Å². The highest BCUT2D eigenvalue weighted by atomic mass is 35.5. The van der Waals surface area contributed by atoms with Crippen LogP contribution in [0.3, 0.4) is 0 Å². The number of benzene rings is 1. The molecular formula is C27H28ClN3O4. The van der Waals surface area contributed by atoms with Crippen LogP contribution in [-0.4, -0.2) is 40.4 Å². The van der Waals surface area contributed by atoms with Gasteiger partial charge in [-0.25, -0.2) is 9.78 Å². The van der Waals surface area contributed by atoms with Gasteiger partial charge in [-0.2, -0.15) is 0 Å². The highest BCUT2D eigenvalue weighted by Crippen LogP contribution is 2.46. The van der Waals surface area contributed by atoms with E-state index in [0.717, 1.165) is 72.7 Å². The Kier molecular flexibility index (Phi) is 5.77. The summed E-state index contributed by atoms with van der Waals surface area (Å²) in [4.78, 5) is 17.7. The van der Waals surface area contributed by atoms with E-state index in [4.69, 9.17) is 26.0 Å². The Bertz CT molecular complexity index is 1220. The number of pyridine rings is 1. The van der Waals surface area contributed by atoms with Crippen LogP contribution in [-0.2, 0) is 11.3 Å². The Hall–Kier alpha value is -2.90. The SMILES string of the molecule is Cc1cccc(Cl)c1-c1noc(C2CC2)c1COC1CC2CN(c3ccc(C(=O)O)cn3)CC2C1. The first-order chi connectivity index (χ1) is 17.0. The lowest BCUT2D eigenvalue weighted by Gasteiger charge is -2.20. The van der Waals surface area contributed by atoms with E-state index in [1.807, 2.05) is 31.2 Å². The number of nitrogens with zero attached hydrogens (tertiary/aromatic N) is 3. The minimum Gasteiger partial charge on any atom is -0.478 e. The summed E-state index contributed by atoms with van der Waals surface area (Å²) in [6.07, 6.45) is 5.93. The number of aromatic nitrogens is 2. The molecule has 1 aromatic carbocycles. The van der Waals surface area contributed by atoms with Crippen LogP contribution in [0, 0.1) is 18.8 Å². The van der Waals surface area contributed by atoms with Crippen molar-refractivity contribution in [2.75, 3.05) is 18.0 Å². The van der Waals surface area contributed by atoms with Crippen molar-refractivity contribution in [3.8, 4) is 11.3 Å². The average Bonchev–Trinajstić information content (AvgIpc) is 3.31. The molecule has 3 fully saturated rings. The molecule has 2 saturated carbocycles. The molecule has 2 aromatic heterocycles. The van der Waals surface area contributed by atoms with Gasteiger partial charge in [0.15, 0.2) is 0 Å². The molecule has 0 bridgehead atoms. The molecule has 2 unspecified atom stereocenters. The summed E-state index contributed by atoms with van der Waals surface area (Å²) in [5, 5.41) is 14.2. The monoisotopic (exact) mass is 493 g/mol. The van der Waals surface area contributed by atoms with E-state index in [9.17, 15) is 4.79 Å². The third-order valence-electron chi connectivity index (χ3n) is 7.72. The lowest BCUT2D eigenvalue weighted by Crippen LogP contribution is -2.24. The number of hydrogen-bond donors (Lipinski definition) is 1. The predicted molar refractivity (Wildman–Crippen MR) is 132 cm³/mol. The largest absolute Gasteiger partial charge is 0.478 e. The summed E-state index contributed by atoms with van der Waals surface area (Å²) < 4.78 is 12.3. The van der Waals surface area contributed by atoms with Gasteiger partial charge in [0.05, 0.1) is 23.3 Å². The first kappa shape index (κ1) is 22.6. The molecule has 182 valence electrons. The first-order valence-electron chi connectivity index (χ1n) is 12.3. The lowest BCUT2D eigenvalue weighted by molar-refractivity contribution is 0.0402. The lowest BCUT2D eigenvalue weighted by atomic mass is 10.0. The van der Waals surface area contributed by atoms with Gasteiger partial charge in [0.25, 0.3) is 0 Å². The van der Waals surface area contributed by atoms with Crippen LogP contribution in [0.15, 0.2) is 41.1 Å². The van der Waals surface area contributed by atoms with Gasteiger partial charge in [-0.15, -0.1) is 0 Å². The van der Waals surface area contributed by atoms with Gasteiger partial charge in [0, 0.05) is 36.3 Å². The minimum absolute atomic E-state index is 0.205. The molecule has 0 spiro atoms. The van der Waals surface area contributed by atoms with Crippen LogP contribution >= 0.6 is 11.6 Å². The molecule has 1 N–H and O–H groups in total. The molecule has 1 saturated heterocycles. The second-order valence-electron chi connectivity index (χ2n) is 10.1. The van der Waals surface area contributed by atoms with Gasteiger partial charge in [0.1, 0.15) is 17.3 Å². The first-order valence-corrected chi connectivity index (χ1v) is 12.7. The third kappa shape index (κ3) is 4.32. The Labute approximate surface area is 209 Å². The average molecular weight is 494 g/mol. The zero-order chi connectivity index (χ0) is 24.1. The third-order valence-corrected chi connectivity index (χ3v) is 8.03. The normalized spacial score (nSPS) is 23.6. The highest BCUT2D eigenvalue weighted by molar-refractivity contribution is 6.33. The van der Waals surface area contributed by atoms with Gasteiger partial charge in [-0.3, -0.25) is 0 Å². The molecule has 35 heavy (non-hydrogen) atoms. The summed E-state index contributed by atoms with van der Waals surface area (Å²) in [6.45, 7) is 4.38. The fourth-order valence-corrected chi connectivity index (χ4v) is 6.04. The quantitative estimate of drug-likeness (QED) is 0.451. The summed E-state index contributed by atoms with van der Waals surface area (Å²) in [7, 11) is 0. The zero-order valence-corrected chi connectivity index (χ0v) is 20.4. The van der Waals surface area contributed by atoms with E-state index in [1.54, 1.807) is 6.07 Å². The molecule has 0 radical (unpaired) electrons. The molecular weight excluding hydrogens is 466 g/mol.